The molecule has 1 amide bonds. The van der Waals surface area contributed by atoms with E-state index in [-0.39, 0.29) is 11.9 Å². The largest absolute Gasteiger partial charge is 0.325 e. The number of benzene rings is 1. The maximum absolute atomic E-state index is 12.4. The Bertz CT molecular complexity index is 703. The second-order valence-electron chi connectivity index (χ2n) is 5.39. The molecule has 1 aromatic heterocycles. The van der Waals surface area contributed by atoms with Gasteiger partial charge in [-0.05, 0) is 41.7 Å². The number of carbonyl (C=O) groups excluding carboxylic acids is 1. The molecule has 0 saturated carbocycles. The predicted molar refractivity (Wildman–Crippen MR) is 83.9 cm³/mol. The maximum Gasteiger partial charge on any atom is 0.240 e. The molecule has 2 aromatic rings. The zero-order chi connectivity index (χ0) is 14.8. The summed E-state index contributed by atoms with van der Waals surface area (Å²) in [5, 5.41) is 12.3. The molecule has 1 saturated heterocycles. The van der Waals surface area contributed by atoms with Crippen molar-refractivity contribution in [1.82, 2.24) is 4.90 Å². The molecule has 4 nitrogen and oxygen atoms in total. The normalized spacial score (nSPS) is 19.6. The minimum Gasteiger partial charge on any atom is -0.325 e. The number of nitrogens with two attached hydrogens (primary N) is 1. The van der Waals surface area contributed by atoms with Gasteiger partial charge in [0.15, 0.2) is 0 Å². The lowest BCUT2D eigenvalue weighted by Crippen LogP contribution is -2.46. The molecular weight excluding hydrogens is 282 g/mol. The van der Waals surface area contributed by atoms with E-state index in [0.29, 0.717) is 13.0 Å². The Labute approximate surface area is 127 Å². The van der Waals surface area contributed by atoms with E-state index in [2.05, 4.69) is 23.6 Å². The van der Waals surface area contributed by atoms with Crippen molar-refractivity contribution in [3.05, 3.63) is 35.2 Å². The van der Waals surface area contributed by atoms with Gasteiger partial charge in [-0.15, -0.1) is 11.3 Å². The molecule has 2 N–H and O–H groups in total. The highest BCUT2D eigenvalue weighted by molar-refractivity contribution is 7.17. The number of amides is 1. The van der Waals surface area contributed by atoms with Crippen molar-refractivity contribution in [2.24, 2.45) is 5.73 Å². The Kier molecular flexibility index (Phi) is 3.91. The van der Waals surface area contributed by atoms with Crippen molar-refractivity contribution in [2.45, 2.75) is 31.3 Å². The minimum absolute atomic E-state index is 0.102. The molecule has 0 radical (unpaired) electrons. The molecular formula is C16H17N3OS. The van der Waals surface area contributed by atoms with Crippen LogP contribution < -0.4 is 5.73 Å². The van der Waals surface area contributed by atoms with Gasteiger partial charge in [-0.1, -0.05) is 18.2 Å². The summed E-state index contributed by atoms with van der Waals surface area (Å²) < 4.78 is 1.21. The van der Waals surface area contributed by atoms with Crippen molar-refractivity contribution in [3.8, 4) is 6.07 Å². The third-order valence-corrected chi connectivity index (χ3v) is 5.02. The number of thiophene rings is 1. The number of nitrogens with zero attached hydrogens (tertiary/aromatic N) is 2. The Hall–Kier alpha value is -1.90. The van der Waals surface area contributed by atoms with Gasteiger partial charge in [0.25, 0.3) is 0 Å². The van der Waals surface area contributed by atoms with Crippen LogP contribution in [0.15, 0.2) is 29.6 Å². The fraction of sp³-hybridized carbons (Fsp3) is 0.375. The summed E-state index contributed by atoms with van der Waals surface area (Å²) in [5.74, 6) is -0.102. The van der Waals surface area contributed by atoms with Gasteiger partial charge >= 0.3 is 0 Å². The van der Waals surface area contributed by atoms with E-state index in [4.69, 9.17) is 11.0 Å². The van der Waals surface area contributed by atoms with E-state index in [9.17, 15) is 4.79 Å². The van der Waals surface area contributed by atoms with Crippen molar-refractivity contribution in [2.75, 3.05) is 6.54 Å². The average molecular weight is 299 g/mol. The van der Waals surface area contributed by atoms with Crippen molar-refractivity contribution in [3.63, 3.8) is 0 Å². The first-order chi connectivity index (χ1) is 10.2. The van der Waals surface area contributed by atoms with E-state index >= 15 is 0 Å². The summed E-state index contributed by atoms with van der Waals surface area (Å²) in [6.07, 6.45) is 2.17. The third-order valence-electron chi connectivity index (χ3n) is 4.00. The van der Waals surface area contributed by atoms with E-state index in [1.807, 2.05) is 12.1 Å². The highest BCUT2D eigenvalue weighted by Crippen LogP contribution is 2.27. The summed E-state index contributed by atoms with van der Waals surface area (Å²) in [5.41, 5.74) is 7.22. The van der Waals surface area contributed by atoms with Crippen molar-refractivity contribution in [1.29, 1.82) is 5.26 Å². The van der Waals surface area contributed by atoms with Gasteiger partial charge in [-0.25, -0.2) is 0 Å². The van der Waals surface area contributed by atoms with E-state index < -0.39 is 6.04 Å². The van der Waals surface area contributed by atoms with Crippen molar-refractivity contribution < 1.29 is 4.79 Å². The van der Waals surface area contributed by atoms with Crippen LogP contribution in [-0.4, -0.2) is 29.4 Å². The van der Waals surface area contributed by atoms with Crippen LogP contribution in [0.2, 0.25) is 0 Å². The quantitative estimate of drug-likeness (QED) is 0.945. The molecule has 0 unspecified atom stereocenters. The summed E-state index contributed by atoms with van der Waals surface area (Å²) in [6.45, 7) is 0.648. The Morgan fingerprint density at radius 3 is 3.14 bits per heavy atom. The standard InChI is InChI=1S/C16H17N3OS/c17-9-12-4-3-7-19(12)16(20)14(18)8-11-10-21-15-6-2-1-5-13(11)15/h1-2,5-6,10,12,14H,3-4,7-8,18H2/t12-,14-/m0/s1. The van der Waals surface area contributed by atoms with Crippen LogP contribution in [0.3, 0.4) is 0 Å². The van der Waals surface area contributed by atoms with Crippen molar-refractivity contribution >= 4 is 27.3 Å². The number of carbonyl (C=O) groups is 1. The van der Waals surface area contributed by atoms with Crippen LogP contribution in [0.5, 0.6) is 0 Å². The second-order valence-corrected chi connectivity index (χ2v) is 6.30. The highest BCUT2D eigenvalue weighted by Gasteiger charge is 2.31. The number of fused-ring (bicyclic) bond motifs is 1. The third kappa shape index (κ3) is 2.65. The van der Waals surface area contributed by atoms with Gasteiger partial charge in [0.1, 0.15) is 6.04 Å². The fourth-order valence-electron chi connectivity index (χ4n) is 2.89. The fourth-order valence-corrected chi connectivity index (χ4v) is 3.87. The van der Waals surface area contributed by atoms with Crippen LogP contribution in [0, 0.1) is 11.3 Å². The molecule has 2 atom stereocenters. The maximum atomic E-state index is 12.4. The molecule has 1 aromatic carbocycles. The topological polar surface area (TPSA) is 70.1 Å². The SMILES string of the molecule is N#C[C@@H]1CCCN1C(=O)[C@@H](N)Cc1csc2ccccc12. The smallest absolute Gasteiger partial charge is 0.240 e. The first kappa shape index (κ1) is 14.1. The Morgan fingerprint density at radius 2 is 2.33 bits per heavy atom. The van der Waals surface area contributed by atoms with Crippen LogP contribution in [0.25, 0.3) is 10.1 Å². The van der Waals surface area contributed by atoms with E-state index in [1.165, 1.54) is 10.1 Å². The van der Waals surface area contributed by atoms with Gasteiger partial charge < -0.3 is 10.6 Å². The molecule has 2 heterocycles. The van der Waals surface area contributed by atoms with Crippen LogP contribution in [0.1, 0.15) is 18.4 Å². The number of rotatable bonds is 3. The zero-order valence-electron chi connectivity index (χ0n) is 11.7. The molecule has 1 aliphatic rings. The van der Waals surface area contributed by atoms with Gasteiger partial charge in [-0.2, -0.15) is 5.26 Å². The Morgan fingerprint density at radius 1 is 1.52 bits per heavy atom. The van der Waals surface area contributed by atoms with Gasteiger partial charge in [-0.3, -0.25) is 4.79 Å². The lowest BCUT2D eigenvalue weighted by Gasteiger charge is -2.23. The first-order valence-corrected chi connectivity index (χ1v) is 7.99. The lowest BCUT2D eigenvalue weighted by molar-refractivity contribution is -0.132. The van der Waals surface area contributed by atoms with E-state index in [0.717, 1.165) is 18.4 Å². The minimum atomic E-state index is -0.572. The zero-order valence-corrected chi connectivity index (χ0v) is 12.5. The molecule has 0 aliphatic carbocycles. The summed E-state index contributed by atoms with van der Waals surface area (Å²) >= 11 is 1.67. The van der Waals surface area contributed by atoms with Crippen LogP contribution >= 0.6 is 11.3 Å². The molecule has 0 spiro atoms. The average Bonchev–Trinajstić information content (AvgIpc) is 3.13. The van der Waals surface area contributed by atoms with E-state index in [1.54, 1.807) is 16.2 Å². The molecule has 1 fully saturated rings. The molecule has 1 aliphatic heterocycles. The van der Waals surface area contributed by atoms with Crippen LogP contribution in [0.4, 0.5) is 0 Å². The summed E-state index contributed by atoms with van der Waals surface area (Å²) in [7, 11) is 0. The number of hydrogen-bond acceptors (Lipinski definition) is 4. The van der Waals surface area contributed by atoms with Gasteiger partial charge in [0, 0.05) is 11.2 Å². The lowest BCUT2D eigenvalue weighted by atomic mass is 10.0. The molecule has 3 rings (SSSR count). The van der Waals surface area contributed by atoms with Gasteiger partial charge in [0.05, 0.1) is 12.1 Å². The number of hydrogen-bond donors (Lipinski definition) is 1. The predicted octanol–water partition coefficient (Wildman–Crippen LogP) is 2.29. The Balaban J connectivity index is 1.75. The van der Waals surface area contributed by atoms with Crippen LogP contribution in [-0.2, 0) is 11.2 Å². The van der Waals surface area contributed by atoms with Gasteiger partial charge in [0.2, 0.25) is 5.91 Å². The number of nitriles is 1. The summed E-state index contributed by atoms with van der Waals surface area (Å²) in [4.78, 5) is 14.1. The summed E-state index contributed by atoms with van der Waals surface area (Å²) in [6, 6.07) is 9.46. The first-order valence-electron chi connectivity index (χ1n) is 7.11. The molecule has 5 heteroatoms. The monoisotopic (exact) mass is 299 g/mol. The number of likely N-dealkylation sites (tertiary alicyclic amines) is 1. The molecule has 0 bridgehead atoms. The second kappa shape index (κ2) is 5.84. The highest BCUT2D eigenvalue weighted by atomic mass is 32.1. The molecule has 21 heavy (non-hydrogen) atoms. The molecule has 108 valence electrons.